The number of carboxylic acid groups (broad SMARTS) is 1. The van der Waals surface area contributed by atoms with Crippen LogP contribution in [0, 0.1) is 0 Å². The molecular weight excluding hydrogens is 1170 g/mol. The van der Waals surface area contributed by atoms with Crippen molar-refractivity contribution < 1.29 is 81.2 Å². The number of aromatic carboxylic acids is 1. The number of nitrogen functional groups attached to an aromatic ring is 1. The van der Waals surface area contributed by atoms with Gasteiger partial charge in [0.15, 0.2) is 0 Å². The number of aromatic hydroxyl groups is 4. The maximum atomic E-state index is 15.4. The van der Waals surface area contributed by atoms with Gasteiger partial charge in [-0.3, -0.25) is 4.79 Å². The lowest BCUT2D eigenvalue weighted by Gasteiger charge is -2.34. The summed E-state index contributed by atoms with van der Waals surface area (Å²) in [7, 11) is 0. The van der Waals surface area contributed by atoms with E-state index in [2.05, 4.69) is 16.0 Å². The van der Waals surface area contributed by atoms with Crippen LogP contribution in [0.25, 0.3) is 11.1 Å². The van der Waals surface area contributed by atoms with Crippen LogP contribution in [0.15, 0.2) is 194 Å². The Labute approximate surface area is 511 Å². The average Bonchev–Trinajstić information content (AvgIpc) is 1.52. The number of phenols is 4. The maximum absolute atomic E-state index is 15.4. The minimum absolute atomic E-state index is 0.0728. The Morgan fingerprint density at radius 1 is 0.489 bits per heavy atom. The van der Waals surface area contributed by atoms with E-state index in [1.807, 2.05) is 72.8 Å². The molecule has 0 fully saturated rings. The van der Waals surface area contributed by atoms with Gasteiger partial charge in [0.05, 0.1) is 39.3 Å². The molecule has 0 saturated heterocycles. The van der Waals surface area contributed by atoms with Gasteiger partial charge in [-0.15, -0.1) is 0 Å². The fraction of sp³-hybridized carbons (Fsp3) is 0.188. The summed E-state index contributed by atoms with van der Waals surface area (Å²) in [4.78, 5) is 25.0. The molecule has 4 atom stereocenters. The van der Waals surface area contributed by atoms with Gasteiger partial charge in [-0.05, 0) is 154 Å². The number of halogens is 6. The van der Waals surface area contributed by atoms with Gasteiger partial charge in [-0.25, -0.2) is 4.79 Å². The molecule has 12 N–H and O–H groups in total. The molecular formula is C69H60F6N4O11. The van der Waals surface area contributed by atoms with Crippen molar-refractivity contribution in [3.63, 3.8) is 0 Å². The molecule has 0 saturated carbocycles. The molecule has 9 aromatic carbocycles. The first-order valence-corrected chi connectivity index (χ1v) is 28.1. The number of ether oxygens (including phenoxy) is 2. The van der Waals surface area contributed by atoms with Crippen LogP contribution in [0.4, 0.5) is 49.1 Å². The highest BCUT2D eigenvalue weighted by Crippen LogP contribution is 2.57. The van der Waals surface area contributed by atoms with E-state index in [0.717, 1.165) is 120 Å². The number of anilines is 4. The molecule has 464 valence electrons. The standard InChI is InChI=1S/C69H60F6N4O11/c1-65(68(70,71)72,41-19-27-59(82)55(76)31-41)42-20-28-60(83)56(32-42)77-35-45(80)37-89-47-23-15-39(16-24-47)67(53-13-7-5-9-49(53)50-10-6-8-14-54(50)67)40-17-25-48(26-18-40)90-38-46(81)36-78-57-33-43(21-29-61(57)84)66(2,69(73,74)75)44-22-30-62(85)58(34-44)79-63(86)51-11-3-4-12-52(51)64(87)88/h3-34,45-46,77-78,80-85H,35-38,76H2,1-2H3,(H,79,86)(H,87,88). The monoisotopic (exact) mass is 1230 g/mol. The zero-order valence-electron chi connectivity index (χ0n) is 48.1. The summed E-state index contributed by atoms with van der Waals surface area (Å²) in [6.07, 6.45) is -12.3. The summed E-state index contributed by atoms with van der Waals surface area (Å²) in [6, 6.07) is 48.6. The van der Waals surface area contributed by atoms with Crippen molar-refractivity contribution in [2.45, 2.75) is 54.7 Å². The van der Waals surface area contributed by atoms with E-state index in [4.69, 9.17) is 15.2 Å². The summed E-state index contributed by atoms with van der Waals surface area (Å²) in [5.74, 6) is -3.40. The Bertz CT molecular complexity index is 4100. The molecule has 21 heteroatoms. The van der Waals surface area contributed by atoms with Crippen molar-refractivity contribution >= 4 is 34.6 Å². The Morgan fingerprint density at radius 2 is 0.856 bits per heavy atom. The number of hydrogen-bond acceptors (Lipinski definition) is 13. The van der Waals surface area contributed by atoms with Gasteiger partial charge in [0.2, 0.25) is 0 Å². The highest BCUT2D eigenvalue weighted by molar-refractivity contribution is 6.11. The van der Waals surface area contributed by atoms with Crippen molar-refractivity contribution in [1.29, 1.82) is 0 Å². The highest BCUT2D eigenvalue weighted by Gasteiger charge is 2.55. The van der Waals surface area contributed by atoms with Crippen molar-refractivity contribution in [3.05, 3.63) is 250 Å². The number of carboxylic acids is 1. The fourth-order valence-corrected chi connectivity index (χ4v) is 11.4. The Morgan fingerprint density at radius 3 is 1.27 bits per heavy atom. The average molecular weight is 1240 g/mol. The molecule has 90 heavy (non-hydrogen) atoms. The van der Waals surface area contributed by atoms with Crippen molar-refractivity contribution in [3.8, 4) is 45.6 Å². The number of amides is 1. The predicted octanol–water partition coefficient (Wildman–Crippen LogP) is 12.8. The zero-order chi connectivity index (χ0) is 64.5. The molecule has 1 aliphatic carbocycles. The lowest BCUT2D eigenvalue weighted by molar-refractivity contribution is -0.173. The molecule has 9 aromatic rings. The van der Waals surface area contributed by atoms with E-state index < -0.39 is 75.4 Å². The Hall–Kier alpha value is -10.4. The molecule has 1 aliphatic rings. The summed E-state index contributed by atoms with van der Waals surface area (Å²) >= 11 is 0. The maximum Gasteiger partial charge on any atom is 0.402 e. The number of nitrogens with two attached hydrogens (primary N) is 1. The minimum Gasteiger partial charge on any atom is -0.506 e. The number of carbonyl (C=O) groups is 2. The fourth-order valence-electron chi connectivity index (χ4n) is 11.4. The molecule has 0 heterocycles. The Balaban J connectivity index is 0.817. The lowest BCUT2D eigenvalue weighted by Crippen LogP contribution is -2.40. The predicted molar refractivity (Wildman–Crippen MR) is 327 cm³/mol. The van der Waals surface area contributed by atoms with Crippen molar-refractivity contribution in [2.75, 3.05) is 48.0 Å². The summed E-state index contributed by atoms with van der Waals surface area (Å²) in [5, 5.41) is 81.8. The van der Waals surface area contributed by atoms with Crippen LogP contribution in [0.3, 0.4) is 0 Å². The number of hydrogen-bond donors (Lipinski definition) is 11. The van der Waals surface area contributed by atoms with Crippen molar-refractivity contribution in [2.24, 2.45) is 0 Å². The van der Waals surface area contributed by atoms with E-state index >= 15 is 13.2 Å². The molecule has 0 aromatic heterocycles. The number of rotatable bonds is 21. The first-order valence-electron chi connectivity index (χ1n) is 28.1. The molecule has 0 spiro atoms. The second-order valence-electron chi connectivity index (χ2n) is 22.1. The number of nitrogens with one attached hydrogen (secondary N) is 3. The number of alkyl halides is 6. The molecule has 4 unspecified atom stereocenters. The SMILES string of the molecule is CC(c1ccc(O)c(N)c1)(c1ccc(O)c(NCC(O)COc2ccc(C3(c4ccc(OCC(O)CNc5cc(C(C)(c6ccc(O)c(NC(=O)c7ccccc7C(=O)O)c6)C(F)(F)F)ccc5O)cc4)c4ccccc4-c4ccccc43)cc2)c1)C(F)(F)F. The van der Waals surface area contributed by atoms with Gasteiger partial charge < -0.3 is 66.9 Å². The van der Waals surface area contributed by atoms with Crippen LogP contribution in [0.2, 0.25) is 0 Å². The topological polar surface area (TPSA) is 256 Å². The molecule has 0 bridgehead atoms. The van der Waals surface area contributed by atoms with Gasteiger partial charge in [0.1, 0.15) is 70.7 Å². The van der Waals surface area contributed by atoms with Gasteiger partial charge in [-0.2, -0.15) is 26.3 Å². The van der Waals surface area contributed by atoms with Crippen molar-refractivity contribution in [1.82, 2.24) is 0 Å². The van der Waals surface area contributed by atoms with Crippen LogP contribution < -0.4 is 31.2 Å². The van der Waals surface area contributed by atoms with Crippen LogP contribution in [-0.2, 0) is 16.2 Å². The number of fused-ring (bicyclic) bond motifs is 3. The lowest BCUT2D eigenvalue weighted by atomic mass is 9.68. The van der Waals surface area contributed by atoms with Gasteiger partial charge in [0.25, 0.3) is 5.91 Å². The molecule has 15 nitrogen and oxygen atoms in total. The third kappa shape index (κ3) is 11.8. The third-order valence-electron chi connectivity index (χ3n) is 16.6. The van der Waals surface area contributed by atoms with Crippen LogP contribution in [-0.4, -0.2) is 98.5 Å². The van der Waals surface area contributed by atoms with E-state index in [1.165, 1.54) is 24.3 Å². The minimum atomic E-state index is -5.00. The molecule has 1 amide bonds. The van der Waals surface area contributed by atoms with Crippen LogP contribution in [0.1, 0.15) is 79.1 Å². The number of aliphatic hydroxyl groups is 2. The second-order valence-corrected chi connectivity index (χ2v) is 22.1. The van der Waals surface area contributed by atoms with Gasteiger partial charge >= 0.3 is 18.3 Å². The quantitative estimate of drug-likeness (QED) is 0.0182. The normalized spacial score (nSPS) is 14.6. The summed E-state index contributed by atoms with van der Waals surface area (Å²) in [6.45, 7) is 0.807. The van der Waals surface area contributed by atoms with Crippen LogP contribution >= 0.6 is 0 Å². The third-order valence-corrected chi connectivity index (χ3v) is 16.6. The van der Waals surface area contributed by atoms with E-state index in [-0.39, 0.29) is 82.7 Å². The number of carbonyl (C=O) groups excluding carboxylic acids is 1. The molecule has 10 rings (SSSR count). The largest absolute Gasteiger partial charge is 0.506 e. The molecule has 0 aliphatic heterocycles. The highest BCUT2D eigenvalue weighted by atomic mass is 19.4. The summed E-state index contributed by atoms with van der Waals surface area (Å²) < 4.78 is 103. The number of aliphatic hydroxyl groups excluding tert-OH is 2. The zero-order valence-corrected chi connectivity index (χ0v) is 48.1. The van der Waals surface area contributed by atoms with Gasteiger partial charge in [0, 0.05) is 13.1 Å². The first kappa shape index (κ1) is 62.7. The van der Waals surface area contributed by atoms with Crippen LogP contribution in [0.5, 0.6) is 34.5 Å². The number of phenolic OH excluding ortho intramolecular Hbond substituents is 4. The Kier molecular flexibility index (Phi) is 17.2. The second kappa shape index (κ2) is 24.7. The number of benzene rings is 9. The smallest absolute Gasteiger partial charge is 0.402 e. The van der Waals surface area contributed by atoms with E-state index in [1.54, 1.807) is 24.3 Å². The van der Waals surface area contributed by atoms with E-state index in [0.29, 0.717) is 11.5 Å². The molecule has 0 radical (unpaired) electrons. The van der Waals surface area contributed by atoms with Gasteiger partial charge in [-0.1, -0.05) is 109 Å². The first-order chi connectivity index (χ1) is 42.7. The summed E-state index contributed by atoms with van der Waals surface area (Å²) in [5.41, 5.74) is 2.31. The van der Waals surface area contributed by atoms with E-state index in [9.17, 15) is 58.5 Å².